The van der Waals surface area contributed by atoms with Crippen molar-refractivity contribution >= 4 is 27.6 Å². The van der Waals surface area contributed by atoms with Crippen LogP contribution < -0.4 is 11.3 Å². The van der Waals surface area contributed by atoms with Crippen LogP contribution in [0.4, 0.5) is 10.1 Å². The summed E-state index contributed by atoms with van der Waals surface area (Å²) in [6.45, 7) is 3.97. The Hall–Kier alpha value is -3.22. The van der Waals surface area contributed by atoms with E-state index in [2.05, 4.69) is 20.2 Å². The Kier molecular flexibility index (Phi) is 3.31. The fourth-order valence-electron chi connectivity index (χ4n) is 3.26. The van der Waals surface area contributed by atoms with Gasteiger partial charge in [0.15, 0.2) is 0 Å². The van der Waals surface area contributed by atoms with Crippen LogP contribution >= 0.6 is 0 Å². The van der Waals surface area contributed by atoms with Gasteiger partial charge in [-0.05, 0) is 36.1 Å². The van der Waals surface area contributed by atoms with E-state index in [1.54, 1.807) is 12.3 Å². The first kappa shape index (κ1) is 15.3. The topological polar surface area (TPSA) is 100 Å². The van der Waals surface area contributed by atoms with Crippen LogP contribution in [0.2, 0.25) is 0 Å². The highest BCUT2D eigenvalue weighted by atomic mass is 19.1. The van der Waals surface area contributed by atoms with Crippen molar-refractivity contribution in [1.82, 2.24) is 20.2 Å². The van der Waals surface area contributed by atoms with Crippen molar-refractivity contribution in [3.8, 4) is 11.1 Å². The van der Waals surface area contributed by atoms with Crippen molar-refractivity contribution < 1.29 is 4.39 Å². The number of fused-ring (bicyclic) bond motifs is 2. The predicted molar refractivity (Wildman–Crippen MR) is 95.9 cm³/mol. The van der Waals surface area contributed by atoms with Gasteiger partial charge in [-0.1, -0.05) is 13.0 Å². The fourth-order valence-corrected chi connectivity index (χ4v) is 3.26. The van der Waals surface area contributed by atoms with E-state index in [-0.39, 0.29) is 16.8 Å². The summed E-state index contributed by atoms with van der Waals surface area (Å²) in [5.41, 5.74) is 10.4. The molecule has 4 N–H and O–H groups in total. The van der Waals surface area contributed by atoms with Gasteiger partial charge in [0.05, 0.1) is 17.2 Å². The molecule has 0 bridgehead atoms. The minimum absolute atomic E-state index is 0.0535. The van der Waals surface area contributed by atoms with Crippen LogP contribution in [-0.2, 0) is 6.42 Å². The molecule has 0 saturated carbocycles. The summed E-state index contributed by atoms with van der Waals surface area (Å²) in [6.07, 6.45) is 4.11. The third-order valence-electron chi connectivity index (χ3n) is 4.65. The molecule has 4 aromatic rings. The Labute approximate surface area is 141 Å². The lowest BCUT2D eigenvalue weighted by Gasteiger charge is -2.13. The first-order valence-electron chi connectivity index (χ1n) is 7.94. The second-order valence-electron chi connectivity index (χ2n) is 5.98. The first-order chi connectivity index (χ1) is 12.0. The number of aromatic amines is 2. The van der Waals surface area contributed by atoms with Crippen LogP contribution in [0, 0.1) is 12.7 Å². The standard InChI is InChI=1S/C18H16FN5O/c1-3-9-6-21-17-13(14(20)18(25)23-15(17)8(9)2)10-4-5-12(19)16-11(10)7-22-24-16/h4-7H,3,20H2,1-2H3,(H,22,24)(H,23,25). The van der Waals surface area contributed by atoms with E-state index in [0.29, 0.717) is 27.5 Å². The smallest absolute Gasteiger partial charge is 0.272 e. The van der Waals surface area contributed by atoms with Gasteiger partial charge in [-0.3, -0.25) is 14.9 Å². The summed E-state index contributed by atoms with van der Waals surface area (Å²) < 4.78 is 14.0. The molecule has 7 heteroatoms. The van der Waals surface area contributed by atoms with Crippen LogP contribution in [0.1, 0.15) is 18.1 Å². The van der Waals surface area contributed by atoms with Crippen LogP contribution in [0.5, 0.6) is 0 Å². The van der Waals surface area contributed by atoms with Gasteiger partial charge in [0.1, 0.15) is 17.0 Å². The average molecular weight is 337 g/mol. The Morgan fingerprint density at radius 3 is 2.80 bits per heavy atom. The summed E-state index contributed by atoms with van der Waals surface area (Å²) in [6, 6.07) is 2.93. The molecule has 0 aliphatic rings. The Balaban J connectivity index is 2.19. The van der Waals surface area contributed by atoms with Gasteiger partial charge in [0.2, 0.25) is 0 Å². The summed E-state index contributed by atoms with van der Waals surface area (Å²) in [4.78, 5) is 19.8. The minimum Gasteiger partial charge on any atom is -0.394 e. The molecular formula is C18H16FN5O. The number of nitrogens with one attached hydrogen (secondary N) is 2. The lowest BCUT2D eigenvalue weighted by Crippen LogP contribution is -2.15. The third kappa shape index (κ3) is 2.12. The monoisotopic (exact) mass is 337 g/mol. The molecule has 3 heterocycles. The first-order valence-corrected chi connectivity index (χ1v) is 7.94. The van der Waals surface area contributed by atoms with E-state index in [4.69, 9.17) is 5.73 Å². The molecule has 3 aromatic heterocycles. The van der Waals surface area contributed by atoms with E-state index in [9.17, 15) is 9.18 Å². The van der Waals surface area contributed by atoms with Crippen molar-refractivity contribution in [2.24, 2.45) is 0 Å². The number of H-pyrrole nitrogens is 2. The average Bonchev–Trinajstić information content (AvgIpc) is 3.09. The van der Waals surface area contributed by atoms with E-state index >= 15 is 0 Å². The van der Waals surface area contributed by atoms with Crippen LogP contribution in [0.3, 0.4) is 0 Å². The van der Waals surface area contributed by atoms with Crippen LogP contribution in [0.15, 0.2) is 29.3 Å². The Morgan fingerprint density at radius 1 is 1.24 bits per heavy atom. The molecule has 0 amide bonds. The van der Waals surface area contributed by atoms with Gasteiger partial charge in [-0.2, -0.15) is 5.10 Å². The van der Waals surface area contributed by atoms with Gasteiger partial charge < -0.3 is 10.7 Å². The predicted octanol–water partition coefficient (Wildman–Crippen LogP) is 3.06. The van der Waals surface area contributed by atoms with E-state index in [1.165, 1.54) is 12.3 Å². The number of aromatic nitrogens is 4. The number of nitrogens with zero attached hydrogens (tertiary/aromatic N) is 2. The fraction of sp³-hybridized carbons (Fsp3) is 0.167. The Morgan fingerprint density at radius 2 is 2.04 bits per heavy atom. The molecule has 0 radical (unpaired) electrons. The molecule has 0 atom stereocenters. The van der Waals surface area contributed by atoms with Crippen molar-refractivity contribution in [3.63, 3.8) is 0 Å². The number of rotatable bonds is 2. The normalized spacial score (nSPS) is 11.5. The Bertz CT molecular complexity index is 1190. The maximum Gasteiger partial charge on any atom is 0.272 e. The molecule has 4 rings (SSSR count). The molecule has 0 saturated heterocycles. The SMILES string of the molecule is CCc1cnc2c(-c3ccc(F)c4[nH]ncc34)c(N)c(=O)[nH]c2c1C. The molecule has 0 unspecified atom stereocenters. The second kappa shape index (κ2) is 5.41. The zero-order valence-electron chi connectivity index (χ0n) is 13.8. The molecule has 1 aromatic carbocycles. The van der Waals surface area contributed by atoms with Crippen molar-refractivity contribution in [2.45, 2.75) is 20.3 Å². The second-order valence-corrected chi connectivity index (χ2v) is 5.98. The third-order valence-corrected chi connectivity index (χ3v) is 4.65. The lowest BCUT2D eigenvalue weighted by atomic mass is 9.97. The highest BCUT2D eigenvalue weighted by Crippen LogP contribution is 2.36. The van der Waals surface area contributed by atoms with Crippen LogP contribution in [0.25, 0.3) is 33.1 Å². The number of pyridine rings is 2. The summed E-state index contributed by atoms with van der Waals surface area (Å²) in [7, 11) is 0. The van der Waals surface area contributed by atoms with E-state index < -0.39 is 5.82 Å². The number of hydrogen-bond donors (Lipinski definition) is 3. The minimum atomic E-state index is -0.415. The quantitative estimate of drug-likeness (QED) is 0.523. The number of anilines is 1. The highest BCUT2D eigenvalue weighted by Gasteiger charge is 2.19. The molecular weight excluding hydrogens is 321 g/mol. The number of aryl methyl sites for hydroxylation is 2. The summed E-state index contributed by atoms with van der Waals surface area (Å²) in [5, 5.41) is 7.10. The number of hydrogen-bond acceptors (Lipinski definition) is 4. The zero-order chi connectivity index (χ0) is 17.7. The van der Waals surface area contributed by atoms with Crippen molar-refractivity contribution in [1.29, 1.82) is 0 Å². The molecule has 126 valence electrons. The van der Waals surface area contributed by atoms with Crippen molar-refractivity contribution in [3.05, 3.63) is 51.8 Å². The number of halogens is 1. The van der Waals surface area contributed by atoms with Gasteiger partial charge in [0.25, 0.3) is 5.56 Å². The van der Waals surface area contributed by atoms with Gasteiger partial charge in [-0.15, -0.1) is 0 Å². The number of nitrogens with two attached hydrogens (primary N) is 1. The molecule has 0 aliphatic heterocycles. The number of nitrogen functional groups attached to an aromatic ring is 1. The molecule has 0 fully saturated rings. The van der Waals surface area contributed by atoms with Crippen LogP contribution in [-0.4, -0.2) is 20.2 Å². The molecule has 6 nitrogen and oxygen atoms in total. The van der Waals surface area contributed by atoms with E-state index in [0.717, 1.165) is 17.5 Å². The summed E-state index contributed by atoms with van der Waals surface area (Å²) >= 11 is 0. The van der Waals surface area contributed by atoms with E-state index in [1.807, 2.05) is 13.8 Å². The molecule has 0 aliphatic carbocycles. The molecule has 0 spiro atoms. The lowest BCUT2D eigenvalue weighted by molar-refractivity contribution is 0.636. The molecule has 25 heavy (non-hydrogen) atoms. The van der Waals surface area contributed by atoms with Gasteiger partial charge >= 0.3 is 0 Å². The van der Waals surface area contributed by atoms with Crippen molar-refractivity contribution in [2.75, 3.05) is 5.73 Å². The van der Waals surface area contributed by atoms with Gasteiger partial charge in [0, 0.05) is 17.1 Å². The maximum absolute atomic E-state index is 14.0. The largest absolute Gasteiger partial charge is 0.394 e. The summed E-state index contributed by atoms with van der Waals surface area (Å²) in [5.74, 6) is -0.415. The maximum atomic E-state index is 14.0. The highest BCUT2D eigenvalue weighted by molar-refractivity contribution is 6.06. The van der Waals surface area contributed by atoms with Gasteiger partial charge in [-0.25, -0.2) is 4.39 Å². The number of benzene rings is 1. The zero-order valence-corrected chi connectivity index (χ0v) is 13.8.